The summed E-state index contributed by atoms with van der Waals surface area (Å²) < 4.78 is 0. The lowest BCUT2D eigenvalue weighted by molar-refractivity contribution is -0.138. The van der Waals surface area contributed by atoms with E-state index in [4.69, 9.17) is 0 Å². The fourth-order valence-electron chi connectivity index (χ4n) is 3.47. The topological polar surface area (TPSA) is 48.5 Å². The molecule has 1 unspecified atom stereocenters. The molecular formula is C18H31ClN4OS. The summed E-state index contributed by atoms with van der Waals surface area (Å²) in [5, 5.41) is 4.49. The van der Waals surface area contributed by atoms with Crippen molar-refractivity contribution >= 4 is 29.7 Å². The lowest BCUT2D eigenvalue weighted by Gasteiger charge is -2.36. The number of likely N-dealkylation sites (tertiary alicyclic amines) is 1. The molecule has 25 heavy (non-hydrogen) atoms. The highest BCUT2D eigenvalue weighted by atomic mass is 35.5. The molecule has 2 aliphatic heterocycles. The molecule has 0 aliphatic carbocycles. The third kappa shape index (κ3) is 5.39. The number of piperazine rings is 1. The largest absolute Gasteiger partial charge is 0.340 e. The lowest BCUT2D eigenvalue weighted by atomic mass is 9.96. The molecule has 0 saturated carbocycles. The van der Waals surface area contributed by atoms with Crippen molar-refractivity contribution < 1.29 is 4.79 Å². The van der Waals surface area contributed by atoms with Crippen LogP contribution in [0.1, 0.15) is 43.5 Å². The first-order chi connectivity index (χ1) is 11.4. The average molecular weight is 387 g/mol. The van der Waals surface area contributed by atoms with Crippen molar-refractivity contribution in [3.63, 3.8) is 0 Å². The molecule has 0 spiro atoms. The highest BCUT2D eigenvalue weighted by Gasteiger charge is 2.30. The summed E-state index contributed by atoms with van der Waals surface area (Å²) in [5.41, 5.74) is 0.165. The van der Waals surface area contributed by atoms with Gasteiger partial charge in [-0.2, -0.15) is 0 Å². The second-order valence-electron chi connectivity index (χ2n) is 8.02. The van der Waals surface area contributed by atoms with Gasteiger partial charge < -0.3 is 10.2 Å². The van der Waals surface area contributed by atoms with Gasteiger partial charge in [0.1, 0.15) is 5.01 Å². The van der Waals surface area contributed by atoms with Crippen LogP contribution in [0.4, 0.5) is 0 Å². The van der Waals surface area contributed by atoms with Crippen molar-refractivity contribution in [3.8, 4) is 0 Å². The summed E-state index contributed by atoms with van der Waals surface area (Å²) in [6.07, 6.45) is 4.16. The first-order valence-corrected chi connectivity index (χ1v) is 9.92. The maximum Gasteiger partial charge on any atom is 0.227 e. The Bertz CT molecular complexity index is 566. The highest BCUT2D eigenvalue weighted by Crippen LogP contribution is 2.29. The molecule has 0 bridgehead atoms. The van der Waals surface area contributed by atoms with Gasteiger partial charge in [0.2, 0.25) is 5.91 Å². The molecule has 1 aromatic rings. The molecule has 1 N–H and O–H groups in total. The van der Waals surface area contributed by atoms with E-state index in [1.54, 1.807) is 0 Å². The van der Waals surface area contributed by atoms with E-state index in [0.29, 0.717) is 5.91 Å². The number of thiazole rings is 1. The standard InChI is InChI=1S/C18H30N4OS.ClH/c1-18(2,3)15-11-20-16(24-15)13-21-8-4-5-14(12-21)17(23)22-9-6-19-7-10-22;/h11,14,19H,4-10,12-13H2,1-3H3;1H. The Labute approximate surface area is 161 Å². The number of hydrogen-bond acceptors (Lipinski definition) is 5. The number of hydrogen-bond donors (Lipinski definition) is 1. The molecule has 5 nitrogen and oxygen atoms in total. The monoisotopic (exact) mass is 386 g/mol. The minimum atomic E-state index is 0. The van der Waals surface area contributed by atoms with Crippen LogP contribution in [0.25, 0.3) is 0 Å². The molecule has 7 heteroatoms. The van der Waals surface area contributed by atoms with Crippen molar-refractivity contribution in [1.82, 2.24) is 20.1 Å². The van der Waals surface area contributed by atoms with E-state index in [0.717, 1.165) is 58.7 Å². The van der Waals surface area contributed by atoms with Crippen LogP contribution in [0.2, 0.25) is 0 Å². The number of carbonyl (C=O) groups is 1. The molecule has 2 fully saturated rings. The lowest BCUT2D eigenvalue weighted by Crippen LogP contribution is -2.51. The molecule has 1 aromatic heterocycles. The molecule has 3 heterocycles. The highest BCUT2D eigenvalue weighted by molar-refractivity contribution is 7.11. The first-order valence-electron chi connectivity index (χ1n) is 9.10. The van der Waals surface area contributed by atoms with Crippen LogP contribution in [0.5, 0.6) is 0 Å². The predicted octanol–water partition coefficient (Wildman–Crippen LogP) is 2.51. The summed E-state index contributed by atoms with van der Waals surface area (Å²) in [4.78, 5) is 23.2. The van der Waals surface area contributed by atoms with Crippen molar-refractivity contribution in [2.75, 3.05) is 39.3 Å². The van der Waals surface area contributed by atoms with Gasteiger partial charge in [-0.1, -0.05) is 20.8 Å². The summed E-state index contributed by atoms with van der Waals surface area (Å²) in [6, 6.07) is 0. The van der Waals surface area contributed by atoms with Gasteiger partial charge in [-0.25, -0.2) is 4.98 Å². The quantitative estimate of drug-likeness (QED) is 0.867. The Hall–Kier alpha value is -0.690. The van der Waals surface area contributed by atoms with Gasteiger partial charge in [0.15, 0.2) is 0 Å². The third-order valence-corrected chi connectivity index (χ3v) is 6.34. The third-order valence-electron chi connectivity index (χ3n) is 4.94. The maximum atomic E-state index is 12.7. The van der Waals surface area contributed by atoms with Crippen LogP contribution in [0.15, 0.2) is 6.20 Å². The van der Waals surface area contributed by atoms with Crippen LogP contribution in [0, 0.1) is 5.92 Å². The second-order valence-corrected chi connectivity index (χ2v) is 9.13. The van der Waals surface area contributed by atoms with Gasteiger partial charge in [0, 0.05) is 43.8 Å². The number of carbonyl (C=O) groups excluding carboxylic acids is 1. The van der Waals surface area contributed by atoms with E-state index in [2.05, 4.69) is 36.0 Å². The Kier molecular flexibility index (Phi) is 7.26. The Balaban J connectivity index is 0.00000225. The normalized spacial score (nSPS) is 22.5. The van der Waals surface area contributed by atoms with E-state index in [9.17, 15) is 4.79 Å². The molecule has 2 saturated heterocycles. The molecule has 0 aromatic carbocycles. The van der Waals surface area contributed by atoms with E-state index >= 15 is 0 Å². The zero-order valence-corrected chi connectivity index (χ0v) is 17.2. The van der Waals surface area contributed by atoms with E-state index in [-0.39, 0.29) is 23.7 Å². The number of rotatable bonds is 3. The summed E-state index contributed by atoms with van der Waals surface area (Å²) in [5.74, 6) is 0.523. The van der Waals surface area contributed by atoms with E-state index in [1.807, 2.05) is 22.4 Å². The molecule has 142 valence electrons. The summed E-state index contributed by atoms with van der Waals surface area (Å²) in [6.45, 7) is 13.1. The number of piperidine rings is 1. The van der Waals surface area contributed by atoms with Crippen LogP contribution < -0.4 is 5.32 Å². The van der Waals surface area contributed by atoms with Gasteiger partial charge in [-0.05, 0) is 24.8 Å². The van der Waals surface area contributed by atoms with Crippen molar-refractivity contribution in [3.05, 3.63) is 16.1 Å². The second kappa shape index (κ2) is 8.80. The van der Waals surface area contributed by atoms with Crippen molar-refractivity contribution in [2.24, 2.45) is 5.92 Å². The van der Waals surface area contributed by atoms with Crippen LogP contribution in [-0.4, -0.2) is 60.0 Å². The number of nitrogens with zero attached hydrogens (tertiary/aromatic N) is 3. The maximum absolute atomic E-state index is 12.7. The van der Waals surface area contributed by atoms with E-state index < -0.39 is 0 Å². The molecular weight excluding hydrogens is 356 g/mol. The Morgan fingerprint density at radius 2 is 2.04 bits per heavy atom. The van der Waals surface area contributed by atoms with Gasteiger partial charge in [-0.3, -0.25) is 9.69 Å². The minimum absolute atomic E-state index is 0. The number of aromatic nitrogens is 1. The van der Waals surface area contributed by atoms with Gasteiger partial charge in [-0.15, -0.1) is 23.7 Å². The zero-order valence-electron chi connectivity index (χ0n) is 15.6. The van der Waals surface area contributed by atoms with Crippen molar-refractivity contribution in [2.45, 2.75) is 45.6 Å². The number of halogens is 1. The van der Waals surface area contributed by atoms with Gasteiger partial charge >= 0.3 is 0 Å². The summed E-state index contributed by atoms with van der Waals surface area (Å²) in [7, 11) is 0. The molecule has 2 aliphatic rings. The smallest absolute Gasteiger partial charge is 0.227 e. The fourth-order valence-corrected chi connectivity index (χ4v) is 4.48. The molecule has 1 atom stereocenters. The molecule has 0 radical (unpaired) electrons. The van der Waals surface area contributed by atoms with Crippen LogP contribution in [-0.2, 0) is 16.8 Å². The fraction of sp³-hybridized carbons (Fsp3) is 0.778. The minimum Gasteiger partial charge on any atom is -0.340 e. The molecule has 1 amide bonds. The Morgan fingerprint density at radius 1 is 1.32 bits per heavy atom. The average Bonchev–Trinajstić information content (AvgIpc) is 3.04. The Morgan fingerprint density at radius 3 is 2.68 bits per heavy atom. The van der Waals surface area contributed by atoms with Crippen LogP contribution in [0.3, 0.4) is 0 Å². The SMILES string of the molecule is CC(C)(C)c1cnc(CN2CCCC(C(=O)N3CCNCC3)C2)s1.Cl. The predicted molar refractivity (Wildman–Crippen MR) is 106 cm³/mol. The first kappa shape index (κ1) is 20.6. The number of nitrogens with one attached hydrogen (secondary N) is 1. The van der Waals surface area contributed by atoms with Gasteiger partial charge in [0.05, 0.1) is 12.5 Å². The van der Waals surface area contributed by atoms with Crippen molar-refractivity contribution in [1.29, 1.82) is 0 Å². The van der Waals surface area contributed by atoms with Gasteiger partial charge in [0.25, 0.3) is 0 Å². The van der Waals surface area contributed by atoms with Crippen LogP contribution >= 0.6 is 23.7 Å². The zero-order chi connectivity index (χ0) is 17.2. The van der Waals surface area contributed by atoms with E-state index in [1.165, 1.54) is 9.88 Å². The molecule has 3 rings (SSSR count). The summed E-state index contributed by atoms with van der Waals surface area (Å²) >= 11 is 1.81. The number of amides is 1.